The van der Waals surface area contributed by atoms with E-state index in [1.54, 1.807) is 13.1 Å². The van der Waals surface area contributed by atoms with Crippen molar-refractivity contribution in [1.29, 1.82) is 0 Å². The number of anilines is 1. The summed E-state index contributed by atoms with van der Waals surface area (Å²) in [6, 6.07) is 9.33. The third-order valence-corrected chi connectivity index (χ3v) is 6.43. The molecule has 2 heterocycles. The number of benzene rings is 1. The molecule has 0 spiro atoms. The minimum absolute atomic E-state index is 0.0126. The maximum absolute atomic E-state index is 12.6. The van der Waals surface area contributed by atoms with Gasteiger partial charge in [0, 0.05) is 25.7 Å². The second-order valence-electron chi connectivity index (χ2n) is 6.54. The molecule has 138 valence electrons. The molecule has 0 aliphatic carbocycles. The molecule has 26 heavy (non-hydrogen) atoms. The number of amides is 1. The summed E-state index contributed by atoms with van der Waals surface area (Å²) < 4.78 is 23.3. The van der Waals surface area contributed by atoms with Crippen LogP contribution in [0.1, 0.15) is 28.0 Å². The molecule has 0 saturated carbocycles. The average molecular weight is 374 g/mol. The molecular formula is C18H22N4O3S. The van der Waals surface area contributed by atoms with Crippen molar-refractivity contribution in [2.24, 2.45) is 0 Å². The quantitative estimate of drug-likeness (QED) is 0.856. The van der Waals surface area contributed by atoms with Crippen LogP contribution in [0, 0.1) is 6.92 Å². The molecule has 7 nitrogen and oxygen atoms in total. The number of rotatable bonds is 5. The van der Waals surface area contributed by atoms with Crippen LogP contribution in [0.2, 0.25) is 0 Å². The summed E-state index contributed by atoms with van der Waals surface area (Å²) in [5.41, 5.74) is 2.57. The van der Waals surface area contributed by atoms with Gasteiger partial charge in [-0.05, 0) is 24.5 Å². The molecule has 1 saturated heterocycles. The van der Waals surface area contributed by atoms with Crippen molar-refractivity contribution in [3.8, 4) is 0 Å². The Hall–Kier alpha value is -2.48. The number of aryl methyl sites for hydroxylation is 1. The van der Waals surface area contributed by atoms with E-state index in [9.17, 15) is 13.2 Å². The SMILES string of the molecule is Cc1ccccc1CNc1cc(C(=O)N(C)C2CCS(=O)(=O)C2)ncn1. The first-order valence-corrected chi connectivity index (χ1v) is 10.3. The van der Waals surface area contributed by atoms with E-state index in [2.05, 4.69) is 15.3 Å². The molecule has 1 atom stereocenters. The molecule has 0 radical (unpaired) electrons. The molecule has 8 heteroatoms. The highest BCUT2D eigenvalue weighted by molar-refractivity contribution is 7.91. The van der Waals surface area contributed by atoms with Crippen LogP contribution in [-0.2, 0) is 16.4 Å². The van der Waals surface area contributed by atoms with Gasteiger partial charge in [0.25, 0.3) is 5.91 Å². The van der Waals surface area contributed by atoms with Crippen molar-refractivity contribution in [3.05, 3.63) is 53.5 Å². The van der Waals surface area contributed by atoms with Crippen LogP contribution in [0.4, 0.5) is 5.82 Å². The number of carbonyl (C=O) groups is 1. The summed E-state index contributed by atoms with van der Waals surface area (Å²) in [5.74, 6) is 0.397. The Morgan fingerprint density at radius 2 is 2.08 bits per heavy atom. The van der Waals surface area contributed by atoms with Gasteiger partial charge in [-0.25, -0.2) is 18.4 Å². The third-order valence-electron chi connectivity index (χ3n) is 4.68. The van der Waals surface area contributed by atoms with Crippen LogP contribution in [0.3, 0.4) is 0 Å². The summed E-state index contributed by atoms with van der Waals surface area (Å²) in [6.45, 7) is 2.63. The topological polar surface area (TPSA) is 92.3 Å². The number of hydrogen-bond donors (Lipinski definition) is 1. The van der Waals surface area contributed by atoms with Crippen molar-refractivity contribution in [3.63, 3.8) is 0 Å². The smallest absolute Gasteiger partial charge is 0.272 e. The molecule has 1 N–H and O–H groups in total. The molecule has 2 aromatic rings. The lowest BCUT2D eigenvalue weighted by molar-refractivity contribution is 0.0741. The largest absolute Gasteiger partial charge is 0.366 e. The van der Waals surface area contributed by atoms with E-state index in [0.29, 0.717) is 18.8 Å². The van der Waals surface area contributed by atoms with E-state index in [4.69, 9.17) is 0 Å². The fourth-order valence-electron chi connectivity index (χ4n) is 2.99. The lowest BCUT2D eigenvalue weighted by Gasteiger charge is -2.23. The molecule has 1 fully saturated rings. The summed E-state index contributed by atoms with van der Waals surface area (Å²) in [5, 5.41) is 3.20. The van der Waals surface area contributed by atoms with Gasteiger partial charge in [-0.3, -0.25) is 4.79 Å². The Bertz CT molecular complexity index is 914. The molecule has 1 aliphatic rings. The van der Waals surface area contributed by atoms with E-state index < -0.39 is 9.84 Å². The molecule has 1 aliphatic heterocycles. The van der Waals surface area contributed by atoms with Crippen molar-refractivity contribution in [2.45, 2.75) is 25.9 Å². The fourth-order valence-corrected chi connectivity index (χ4v) is 4.77. The Kier molecular flexibility index (Phi) is 5.22. The highest BCUT2D eigenvalue weighted by atomic mass is 32.2. The summed E-state index contributed by atoms with van der Waals surface area (Å²) in [6.07, 6.45) is 1.81. The van der Waals surface area contributed by atoms with Crippen LogP contribution in [0.15, 0.2) is 36.7 Å². The molecule has 1 aromatic heterocycles. The van der Waals surface area contributed by atoms with E-state index in [1.165, 1.54) is 16.8 Å². The van der Waals surface area contributed by atoms with Gasteiger partial charge in [-0.2, -0.15) is 0 Å². The first-order valence-electron chi connectivity index (χ1n) is 8.44. The minimum atomic E-state index is -3.05. The lowest BCUT2D eigenvalue weighted by Crippen LogP contribution is -2.38. The van der Waals surface area contributed by atoms with Crippen molar-refractivity contribution < 1.29 is 13.2 Å². The predicted molar refractivity (Wildman–Crippen MR) is 99.7 cm³/mol. The number of carbonyl (C=O) groups excluding carboxylic acids is 1. The van der Waals surface area contributed by atoms with Gasteiger partial charge in [0.2, 0.25) is 0 Å². The van der Waals surface area contributed by atoms with Crippen LogP contribution in [0.5, 0.6) is 0 Å². The number of hydrogen-bond acceptors (Lipinski definition) is 6. The predicted octanol–water partition coefficient (Wildman–Crippen LogP) is 1.66. The second-order valence-corrected chi connectivity index (χ2v) is 8.77. The van der Waals surface area contributed by atoms with Gasteiger partial charge in [0.1, 0.15) is 17.8 Å². The van der Waals surface area contributed by atoms with Crippen LogP contribution in [0.25, 0.3) is 0 Å². The molecule has 1 amide bonds. The summed E-state index contributed by atoms with van der Waals surface area (Å²) in [4.78, 5) is 22.3. The maximum Gasteiger partial charge on any atom is 0.272 e. The van der Waals surface area contributed by atoms with E-state index in [1.807, 2.05) is 31.2 Å². The molecular weight excluding hydrogens is 352 g/mol. The standard InChI is InChI=1S/C18H22N4O3S/c1-13-5-3-4-6-14(13)10-19-17-9-16(20-12-21-17)18(23)22(2)15-7-8-26(24,25)11-15/h3-6,9,12,15H,7-8,10-11H2,1-2H3,(H,19,20,21). The zero-order valence-electron chi connectivity index (χ0n) is 14.8. The lowest BCUT2D eigenvalue weighted by atomic mass is 10.1. The maximum atomic E-state index is 12.6. The minimum Gasteiger partial charge on any atom is -0.366 e. The van der Waals surface area contributed by atoms with E-state index in [-0.39, 0.29) is 29.1 Å². The van der Waals surface area contributed by atoms with Gasteiger partial charge >= 0.3 is 0 Å². The molecule has 1 aromatic carbocycles. The molecule has 0 bridgehead atoms. The first-order chi connectivity index (χ1) is 12.4. The van der Waals surface area contributed by atoms with Gasteiger partial charge in [-0.15, -0.1) is 0 Å². The number of nitrogens with zero attached hydrogens (tertiary/aromatic N) is 3. The average Bonchev–Trinajstić information content (AvgIpc) is 3.00. The number of nitrogens with one attached hydrogen (secondary N) is 1. The normalized spacial score (nSPS) is 18.5. The Labute approximate surface area is 153 Å². The number of aromatic nitrogens is 2. The van der Waals surface area contributed by atoms with Crippen LogP contribution >= 0.6 is 0 Å². The van der Waals surface area contributed by atoms with Gasteiger partial charge in [-0.1, -0.05) is 24.3 Å². The zero-order valence-corrected chi connectivity index (χ0v) is 15.7. The summed E-state index contributed by atoms with van der Waals surface area (Å²) in [7, 11) is -1.43. The van der Waals surface area contributed by atoms with Crippen molar-refractivity contribution in [2.75, 3.05) is 23.9 Å². The monoisotopic (exact) mass is 374 g/mol. The second kappa shape index (κ2) is 7.41. The van der Waals surface area contributed by atoms with E-state index >= 15 is 0 Å². The van der Waals surface area contributed by atoms with Gasteiger partial charge < -0.3 is 10.2 Å². The Morgan fingerprint density at radius 3 is 2.77 bits per heavy atom. The Balaban J connectivity index is 1.68. The first kappa shape index (κ1) is 18.3. The highest BCUT2D eigenvalue weighted by Crippen LogP contribution is 2.19. The van der Waals surface area contributed by atoms with Crippen molar-refractivity contribution >= 4 is 21.6 Å². The number of sulfone groups is 1. The van der Waals surface area contributed by atoms with E-state index in [0.717, 1.165) is 5.56 Å². The zero-order chi connectivity index (χ0) is 18.7. The third kappa shape index (κ3) is 4.19. The van der Waals surface area contributed by atoms with Crippen molar-refractivity contribution in [1.82, 2.24) is 14.9 Å². The molecule has 3 rings (SSSR count). The van der Waals surface area contributed by atoms with Gasteiger partial charge in [0.15, 0.2) is 9.84 Å². The summed E-state index contributed by atoms with van der Waals surface area (Å²) >= 11 is 0. The molecule has 1 unspecified atom stereocenters. The van der Waals surface area contributed by atoms with Crippen LogP contribution in [-0.4, -0.2) is 53.8 Å². The Morgan fingerprint density at radius 1 is 1.31 bits per heavy atom. The van der Waals surface area contributed by atoms with Crippen LogP contribution < -0.4 is 5.32 Å². The fraction of sp³-hybridized carbons (Fsp3) is 0.389. The van der Waals surface area contributed by atoms with Gasteiger partial charge in [0.05, 0.1) is 11.5 Å². The highest BCUT2D eigenvalue weighted by Gasteiger charge is 2.33.